The zero-order chi connectivity index (χ0) is 14.4. The fourth-order valence-corrected chi connectivity index (χ4v) is 3.68. The van der Waals surface area contributed by atoms with Crippen LogP contribution < -0.4 is 4.72 Å². The Labute approximate surface area is 120 Å². The molecule has 110 valence electrons. The Kier molecular flexibility index (Phi) is 7.97. The number of sulfonamides is 1. The molecule has 0 rings (SSSR count). The fraction of sp³-hybridized carbons (Fsp3) is 1.00. The first-order chi connectivity index (χ1) is 8.02. The summed E-state index contributed by atoms with van der Waals surface area (Å²) in [5.41, 5.74) is 0.181. The Balaban J connectivity index is 3.96. The van der Waals surface area contributed by atoms with Gasteiger partial charge in [0.2, 0.25) is 10.0 Å². The highest BCUT2D eigenvalue weighted by atomic mass is 79.9. The molecule has 0 aliphatic rings. The molecular formula is C12H26BrNO3S. The van der Waals surface area contributed by atoms with Crippen LogP contribution in [0.25, 0.3) is 0 Å². The fourth-order valence-electron chi connectivity index (χ4n) is 1.42. The van der Waals surface area contributed by atoms with Crippen molar-refractivity contribution in [3.63, 3.8) is 0 Å². The monoisotopic (exact) mass is 343 g/mol. The van der Waals surface area contributed by atoms with Crippen LogP contribution >= 0.6 is 15.9 Å². The topological polar surface area (TPSA) is 55.4 Å². The number of nitrogens with one attached hydrogen (secondary N) is 1. The van der Waals surface area contributed by atoms with Gasteiger partial charge in [0.25, 0.3) is 0 Å². The molecule has 0 radical (unpaired) electrons. The van der Waals surface area contributed by atoms with Crippen LogP contribution in [0.2, 0.25) is 0 Å². The van der Waals surface area contributed by atoms with Crippen LogP contribution in [0.4, 0.5) is 0 Å². The first kappa shape index (κ1) is 18.4. The third kappa shape index (κ3) is 11.4. The lowest BCUT2D eigenvalue weighted by Gasteiger charge is -2.22. The van der Waals surface area contributed by atoms with Gasteiger partial charge < -0.3 is 4.74 Å². The second-order valence-corrected chi connectivity index (χ2v) is 9.17. The zero-order valence-corrected chi connectivity index (χ0v) is 14.4. The summed E-state index contributed by atoms with van der Waals surface area (Å²) in [4.78, 5) is 0.151. The van der Waals surface area contributed by atoms with Gasteiger partial charge >= 0.3 is 0 Å². The minimum atomic E-state index is -3.23. The molecule has 18 heavy (non-hydrogen) atoms. The molecule has 4 nitrogen and oxygen atoms in total. The number of rotatable bonds is 8. The molecule has 6 heteroatoms. The van der Waals surface area contributed by atoms with Crippen LogP contribution in [0.15, 0.2) is 0 Å². The van der Waals surface area contributed by atoms with Gasteiger partial charge in [-0.1, -0.05) is 36.7 Å². The Morgan fingerprint density at radius 1 is 1.28 bits per heavy atom. The van der Waals surface area contributed by atoms with Gasteiger partial charge in [-0.2, -0.15) is 0 Å². The quantitative estimate of drug-likeness (QED) is 0.689. The summed E-state index contributed by atoms with van der Waals surface area (Å²) in [6.45, 7) is 10.8. The number of ether oxygens (including phenoxy) is 1. The molecule has 0 aliphatic heterocycles. The standard InChI is InChI=1S/C12H26BrNO3S/c1-10(2)17-6-7-18(15,16)14-9-11(13)8-12(3,4)5/h10-11,14H,6-9H2,1-5H3. The van der Waals surface area contributed by atoms with E-state index in [-0.39, 0.29) is 28.7 Å². The molecule has 0 aromatic rings. The lowest BCUT2D eigenvalue weighted by molar-refractivity contribution is 0.0911. The molecule has 1 unspecified atom stereocenters. The summed E-state index contributed by atoms with van der Waals surface area (Å²) in [6.07, 6.45) is 0.975. The van der Waals surface area contributed by atoms with Gasteiger partial charge in [-0.15, -0.1) is 0 Å². The van der Waals surface area contributed by atoms with Gasteiger partial charge in [0.05, 0.1) is 18.5 Å². The first-order valence-electron chi connectivity index (χ1n) is 6.25. The van der Waals surface area contributed by atoms with E-state index in [0.29, 0.717) is 6.54 Å². The summed E-state index contributed by atoms with van der Waals surface area (Å²) >= 11 is 3.50. The van der Waals surface area contributed by atoms with Crippen molar-refractivity contribution < 1.29 is 13.2 Å². The summed E-state index contributed by atoms with van der Waals surface area (Å²) in [5, 5.41) is 0. The molecule has 0 aliphatic carbocycles. The Hall–Kier alpha value is 0.350. The molecule has 0 saturated heterocycles. The van der Waals surface area contributed by atoms with Gasteiger partial charge in [-0.25, -0.2) is 13.1 Å². The molecule has 0 fully saturated rings. The molecule has 0 heterocycles. The van der Waals surface area contributed by atoms with Gasteiger partial charge in [-0.05, 0) is 25.7 Å². The van der Waals surface area contributed by atoms with Gasteiger partial charge in [0.1, 0.15) is 0 Å². The minimum absolute atomic E-state index is 0.0143. The SMILES string of the molecule is CC(C)OCCS(=O)(=O)NCC(Br)CC(C)(C)C. The average molecular weight is 344 g/mol. The smallest absolute Gasteiger partial charge is 0.213 e. The van der Waals surface area contributed by atoms with Crippen LogP contribution in [0.1, 0.15) is 41.0 Å². The van der Waals surface area contributed by atoms with Crippen molar-refractivity contribution in [2.24, 2.45) is 5.41 Å². The van der Waals surface area contributed by atoms with Crippen LogP contribution in [0.5, 0.6) is 0 Å². The van der Waals surface area contributed by atoms with Crippen molar-refractivity contribution in [3.8, 4) is 0 Å². The van der Waals surface area contributed by atoms with E-state index in [2.05, 4.69) is 41.4 Å². The molecule has 0 spiro atoms. The van der Waals surface area contributed by atoms with E-state index in [1.54, 1.807) is 0 Å². The van der Waals surface area contributed by atoms with Crippen LogP contribution in [-0.2, 0) is 14.8 Å². The molecule has 0 saturated carbocycles. The number of halogens is 1. The Morgan fingerprint density at radius 3 is 2.28 bits per heavy atom. The van der Waals surface area contributed by atoms with E-state index in [4.69, 9.17) is 4.74 Å². The number of hydrogen-bond acceptors (Lipinski definition) is 3. The highest BCUT2D eigenvalue weighted by Gasteiger charge is 2.18. The zero-order valence-electron chi connectivity index (χ0n) is 12.0. The van der Waals surface area contributed by atoms with Crippen molar-refractivity contribution in [2.45, 2.75) is 52.0 Å². The maximum absolute atomic E-state index is 11.7. The number of hydrogen-bond donors (Lipinski definition) is 1. The highest BCUT2D eigenvalue weighted by molar-refractivity contribution is 9.09. The molecule has 0 amide bonds. The predicted molar refractivity (Wildman–Crippen MR) is 79.7 cm³/mol. The van der Waals surface area contributed by atoms with Gasteiger partial charge in [0, 0.05) is 11.4 Å². The largest absolute Gasteiger partial charge is 0.378 e. The molecule has 1 N–H and O–H groups in total. The van der Waals surface area contributed by atoms with Crippen molar-refractivity contribution in [2.75, 3.05) is 18.9 Å². The average Bonchev–Trinajstić information content (AvgIpc) is 2.11. The van der Waals surface area contributed by atoms with Crippen molar-refractivity contribution in [3.05, 3.63) is 0 Å². The first-order valence-corrected chi connectivity index (χ1v) is 8.81. The minimum Gasteiger partial charge on any atom is -0.378 e. The lowest BCUT2D eigenvalue weighted by Crippen LogP contribution is -2.34. The summed E-state index contributed by atoms with van der Waals surface area (Å²) in [6, 6.07) is 0. The van der Waals surface area contributed by atoms with Crippen molar-refractivity contribution in [1.82, 2.24) is 4.72 Å². The van der Waals surface area contributed by atoms with Crippen LogP contribution in [-0.4, -0.2) is 38.3 Å². The second-order valence-electron chi connectivity index (χ2n) is 5.95. The normalized spacial score (nSPS) is 15.1. The van der Waals surface area contributed by atoms with E-state index < -0.39 is 10.0 Å². The highest BCUT2D eigenvalue weighted by Crippen LogP contribution is 2.24. The van der Waals surface area contributed by atoms with Crippen molar-refractivity contribution >= 4 is 26.0 Å². The number of alkyl halides is 1. The Morgan fingerprint density at radius 2 is 1.83 bits per heavy atom. The predicted octanol–water partition coefficient (Wildman–Crippen LogP) is 2.53. The second kappa shape index (κ2) is 7.82. The summed E-state index contributed by atoms with van der Waals surface area (Å²) in [5.74, 6) is 0.0143. The van der Waals surface area contributed by atoms with E-state index in [9.17, 15) is 8.42 Å². The molecule has 0 aromatic heterocycles. The lowest BCUT2D eigenvalue weighted by atomic mass is 9.91. The van der Waals surface area contributed by atoms with Crippen LogP contribution in [0, 0.1) is 5.41 Å². The van der Waals surface area contributed by atoms with Crippen LogP contribution in [0.3, 0.4) is 0 Å². The third-order valence-electron chi connectivity index (χ3n) is 2.16. The molecule has 0 aromatic carbocycles. The van der Waals surface area contributed by atoms with E-state index in [1.807, 2.05) is 13.8 Å². The molecule has 1 atom stereocenters. The summed E-state index contributed by atoms with van der Waals surface area (Å²) in [7, 11) is -3.23. The summed E-state index contributed by atoms with van der Waals surface area (Å²) < 4.78 is 31.2. The van der Waals surface area contributed by atoms with E-state index in [0.717, 1.165) is 6.42 Å². The van der Waals surface area contributed by atoms with Gasteiger partial charge in [0.15, 0.2) is 0 Å². The van der Waals surface area contributed by atoms with Gasteiger partial charge in [-0.3, -0.25) is 0 Å². The van der Waals surface area contributed by atoms with E-state index >= 15 is 0 Å². The molecule has 0 bridgehead atoms. The molecular weight excluding hydrogens is 318 g/mol. The van der Waals surface area contributed by atoms with Crippen molar-refractivity contribution in [1.29, 1.82) is 0 Å². The maximum Gasteiger partial charge on any atom is 0.213 e. The Bertz CT molecular complexity index is 323. The maximum atomic E-state index is 11.7. The third-order valence-corrected chi connectivity index (χ3v) is 4.12. The van der Waals surface area contributed by atoms with E-state index in [1.165, 1.54) is 0 Å².